The minimum atomic E-state index is -0.465. The first-order valence-corrected chi connectivity index (χ1v) is 7.22. The van der Waals surface area contributed by atoms with Crippen molar-refractivity contribution in [1.82, 2.24) is 20.4 Å². The third-order valence-electron chi connectivity index (χ3n) is 3.65. The molecule has 0 unspecified atom stereocenters. The van der Waals surface area contributed by atoms with Crippen molar-refractivity contribution in [2.75, 3.05) is 6.54 Å². The molecule has 110 valence electrons. The van der Waals surface area contributed by atoms with Crippen molar-refractivity contribution in [3.05, 3.63) is 18.5 Å². The highest BCUT2D eigenvalue weighted by Crippen LogP contribution is 2.26. The van der Waals surface area contributed by atoms with E-state index < -0.39 is 6.04 Å². The van der Waals surface area contributed by atoms with Crippen LogP contribution in [0, 0.1) is 5.92 Å². The Bertz CT molecular complexity index is 440. The molecule has 0 saturated heterocycles. The van der Waals surface area contributed by atoms with Gasteiger partial charge in [-0.05, 0) is 32.3 Å². The molecular formula is C14H22N4O2. The van der Waals surface area contributed by atoms with Gasteiger partial charge in [0, 0.05) is 31.4 Å². The third kappa shape index (κ3) is 4.08. The zero-order valence-electron chi connectivity index (χ0n) is 11.8. The normalized spacial score (nSPS) is 16.2. The first kappa shape index (κ1) is 14.6. The number of carbonyl (C=O) groups excluding carboxylic acids is 2. The summed E-state index contributed by atoms with van der Waals surface area (Å²) < 4.78 is 1.83. The van der Waals surface area contributed by atoms with E-state index >= 15 is 0 Å². The third-order valence-corrected chi connectivity index (χ3v) is 3.65. The lowest BCUT2D eigenvalue weighted by Crippen LogP contribution is -2.47. The molecule has 2 amide bonds. The van der Waals surface area contributed by atoms with Gasteiger partial charge in [-0.3, -0.25) is 14.3 Å². The van der Waals surface area contributed by atoms with Gasteiger partial charge in [0.25, 0.3) is 0 Å². The van der Waals surface area contributed by atoms with Crippen LogP contribution in [0.25, 0.3) is 0 Å². The van der Waals surface area contributed by atoms with Crippen molar-refractivity contribution in [3.8, 4) is 0 Å². The fourth-order valence-electron chi connectivity index (χ4n) is 2.11. The quantitative estimate of drug-likeness (QED) is 0.721. The molecule has 1 aliphatic carbocycles. The highest BCUT2D eigenvalue weighted by Gasteiger charge is 2.27. The summed E-state index contributed by atoms with van der Waals surface area (Å²) >= 11 is 0. The molecule has 1 saturated carbocycles. The Balaban J connectivity index is 1.59. The van der Waals surface area contributed by atoms with Crippen LogP contribution in [-0.2, 0) is 16.1 Å². The number of nitrogens with one attached hydrogen (secondary N) is 2. The minimum Gasteiger partial charge on any atom is -0.354 e. The Morgan fingerprint density at radius 3 is 2.85 bits per heavy atom. The average Bonchev–Trinajstić information content (AvgIpc) is 2.84. The van der Waals surface area contributed by atoms with Crippen LogP contribution in [0.4, 0.5) is 0 Å². The van der Waals surface area contributed by atoms with Gasteiger partial charge in [-0.1, -0.05) is 6.42 Å². The summed E-state index contributed by atoms with van der Waals surface area (Å²) in [4.78, 5) is 23.5. The van der Waals surface area contributed by atoms with Gasteiger partial charge in [0.1, 0.15) is 6.04 Å². The maximum absolute atomic E-state index is 11.8. The molecule has 20 heavy (non-hydrogen) atoms. The smallest absolute Gasteiger partial charge is 0.242 e. The van der Waals surface area contributed by atoms with Gasteiger partial charge in [0.15, 0.2) is 0 Å². The number of nitrogens with zero attached hydrogens (tertiary/aromatic N) is 2. The molecule has 1 atom stereocenters. The van der Waals surface area contributed by atoms with Gasteiger partial charge >= 0.3 is 0 Å². The van der Waals surface area contributed by atoms with E-state index in [4.69, 9.17) is 0 Å². The van der Waals surface area contributed by atoms with Crippen molar-refractivity contribution in [2.45, 2.75) is 45.2 Å². The van der Waals surface area contributed by atoms with Gasteiger partial charge in [0.05, 0.1) is 0 Å². The Morgan fingerprint density at radius 2 is 2.25 bits per heavy atom. The molecule has 1 aromatic rings. The lowest BCUT2D eigenvalue weighted by molar-refractivity contribution is -0.132. The number of carbonyl (C=O) groups is 2. The van der Waals surface area contributed by atoms with Crippen molar-refractivity contribution < 1.29 is 9.59 Å². The Kier molecular flexibility index (Phi) is 5.15. The number of aromatic nitrogens is 2. The zero-order valence-corrected chi connectivity index (χ0v) is 11.8. The number of rotatable bonds is 7. The summed E-state index contributed by atoms with van der Waals surface area (Å²) in [6.07, 6.45) is 7.46. The number of hydrogen-bond donors (Lipinski definition) is 2. The molecule has 0 radical (unpaired) electrons. The molecule has 0 spiro atoms. The van der Waals surface area contributed by atoms with Crippen LogP contribution >= 0.6 is 0 Å². The lowest BCUT2D eigenvalue weighted by Gasteiger charge is -2.25. The largest absolute Gasteiger partial charge is 0.354 e. The molecule has 6 heteroatoms. The molecule has 0 aliphatic heterocycles. The first-order chi connectivity index (χ1) is 9.66. The second-order valence-corrected chi connectivity index (χ2v) is 5.27. The maximum atomic E-state index is 11.8. The first-order valence-electron chi connectivity index (χ1n) is 7.22. The number of aryl methyl sites for hydroxylation is 1. The predicted molar refractivity (Wildman–Crippen MR) is 74.8 cm³/mol. The molecule has 1 heterocycles. The monoisotopic (exact) mass is 278 g/mol. The summed E-state index contributed by atoms with van der Waals surface area (Å²) in [5, 5.41) is 9.69. The predicted octanol–water partition coefficient (Wildman–Crippen LogP) is 0.694. The Labute approximate surface area is 118 Å². The van der Waals surface area contributed by atoms with E-state index in [1.807, 2.05) is 16.9 Å². The number of amides is 2. The lowest BCUT2D eigenvalue weighted by atomic mass is 9.84. The van der Waals surface area contributed by atoms with Gasteiger partial charge in [0.2, 0.25) is 11.8 Å². The van der Waals surface area contributed by atoms with Crippen molar-refractivity contribution in [2.24, 2.45) is 5.92 Å². The fourth-order valence-corrected chi connectivity index (χ4v) is 2.11. The Hall–Kier alpha value is -1.85. The fraction of sp³-hybridized carbons (Fsp3) is 0.643. The molecular weight excluding hydrogens is 256 g/mol. The molecule has 0 bridgehead atoms. The average molecular weight is 278 g/mol. The SMILES string of the molecule is C[C@@H](NC(=O)C1CCC1)C(=O)NCCCn1cccn1. The molecule has 1 aliphatic rings. The summed E-state index contributed by atoms with van der Waals surface area (Å²) in [6, 6.07) is 1.41. The van der Waals surface area contributed by atoms with E-state index in [1.54, 1.807) is 13.1 Å². The standard InChI is InChI=1S/C14H22N4O2/c1-11(17-14(20)12-5-2-6-12)13(19)15-7-3-9-18-10-4-8-16-18/h4,8,10-12H,2-3,5-7,9H2,1H3,(H,15,19)(H,17,20)/t11-/m1/s1. The summed E-state index contributed by atoms with van der Waals surface area (Å²) in [7, 11) is 0. The van der Waals surface area contributed by atoms with Crippen molar-refractivity contribution in [3.63, 3.8) is 0 Å². The van der Waals surface area contributed by atoms with E-state index in [9.17, 15) is 9.59 Å². The van der Waals surface area contributed by atoms with Gasteiger partial charge in [-0.2, -0.15) is 5.10 Å². The van der Waals surface area contributed by atoms with E-state index in [1.165, 1.54) is 0 Å². The van der Waals surface area contributed by atoms with Crippen LogP contribution in [0.3, 0.4) is 0 Å². The van der Waals surface area contributed by atoms with Gasteiger partial charge < -0.3 is 10.6 Å². The topological polar surface area (TPSA) is 76.0 Å². The van der Waals surface area contributed by atoms with E-state index in [-0.39, 0.29) is 17.7 Å². The second kappa shape index (κ2) is 7.07. The van der Waals surface area contributed by atoms with Crippen LogP contribution in [0.1, 0.15) is 32.6 Å². The van der Waals surface area contributed by atoms with Gasteiger partial charge in [-0.25, -0.2) is 0 Å². The van der Waals surface area contributed by atoms with Crippen molar-refractivity contribution >= 4 is 11.8 Å². The summed E-state index contributed by atoms with van der Waals surface area (Å²) in [6.45, 7) is 3.08. The zero-order chi connectivity index (χ0) is 14.4. The van der Waals surface area contributed by atoms with E-state index in [2.05, 4.69) is 15.7 Å². The van der Waals surface area contributed by atoms with Crippen LogP contribution < -0.4 is 10.6 Å². The second-order valence-electron chi connectivity index (χ2n) is 5.27. The Morgan fingerprint density at radius 1 is 1.45 bits per heavy atom. The molecule has 2 rings (SSSR count). The summed E-state index contributed by atoms with van der Waals surface area (Å²) in [5.41, 5.74) is 0. The van der Waals surface area contributed by atoms with Gasteiger partial charge in [-0.15, -0.1) is 0 Å². The molecule has 1 aromatic heterocycles. The van der Waals surface area contributed by atoms with Crippen LogP contribution in [0.2, 0.25) is 0 Å². The number of hydrogen-bond acceptors (Lipinski definition) is 3. The molecule has 2 N–H and O–H groups in total. The highest BCUT2D eigenvalue weighted by atomic mass is 16.2. The van der Waals surface area contributed by atoms with Crippen LogP contribution in [-0.4, -0.2) is 34.2 Å². The molecule has 1 fully saturated rings. The van der Waals surface area contributed by atoms with Crippen molar-refractivity contribution in [1.29, 1.82) is 0 Å². The molecule has 6 nitrogen and oxygen atoms in total. The van der Waals surface area contributed by atoms with Crippen LogP contribution in [0.5, 0.6) is 0 Å². The van der Waals surface area contributed by atoms with E-state index in [0.717, 1.165) is 32.2 Å². The molecule has 0 aromatic carbocycles. The summed E-state index contributed by atoms with van der Waals surface area (Å²) in [5.74, 6) is -0.00125. The van der Waals surface area contributed by atoms with E-state index in [0.29, 0.717) is 6.54 Å². The minimum absolute atomic E-state index is 0.00967. The highest BCUT2D eigenvalue weighted by molar-refractivity contribution is 5.88. The maximum Gasteiger partial charge on any atom is 0.242 e. The van der Waals surface area contributed by atoms with Crippen LogP contribution in [0.15, 0.2) is 18.5 Å².